The molecule has 5 rings (SSSR count). The number of hydrogen-bond acceptors (Lipinski definition) is 3. The number of para-hydroxylation sites is 1. The number of hydrogen-bond donors (Lipinski definition) is 2. The van der Waals surface area contributed by atoms with Gasteiger partial charge in [0.15, 0.2) is 0 Å². The first-order chi connectivity index (χ1) is 16.7. The second-order valence-corrected chi connectivity index (χ2v) is 8.89. The maximum absolute atomic E-state index is 12.7. The third kappa shape index (κ3) is 5.06. The largest absolute Gasteiger partial charge is 0.493 e. The summed E-state index contributed by atoms with van der Waals surface area (Å²) in [5.41, 5.74) is 5.45. The second kappa shape index (κ2) is 10.00. The van der Waals surface area contributed by atoms with E-state index in [1.54, 1.807) is 4.90 Å². The zero-order valence-electron chi connectivity index (χ0n) is 19.1. The molecule has 3 aromatic carbocycles. The van der Waals surface area contributed by atoms with Crippen molar-refractivity contribution in [3.8, 4) is 16.9 Å². The lowest BCUT2D eigenvalue weighted by atomic mass is 9.96. The predicted molar refractivity (Wildman–Crippen MR) is 133 cm³/mol. The summed E-state index contributed by atoms with van der Waals surface area (Å²) < 4.78 is 5.59. The highest BCUT2D eigenvalue weighted by molar-refractivity contribution is 5.89. The highest BCUT2D eigenvalue weighted by Crippen LogP contribution is 2.30. The van der Waals surface area contributed by atoms with Crippen LogP contribution < -0.4 is 15.4 Å². The molecule has 6 heteroatoms. The summed E-state index contributed by atoms with van der Waals surface area (Å²) in [5.74, 6) is 0.991. The second-order valence-electron chi connectivity index (χ2n) is 8.89. The molecule has 1 fully saturated rings. The van der Waals surface area contributed by atoms with Gasteiger partial charge in [0.2, 0.25) is 5.91 Å². The van der Waals surface area contributed by atoms with Crippen LogP contribution in [0.3, 0.4) is 0 Å². The lowest BCUT2D eigenvalue weighted by Crippen LogP contribution is -2.44. The first kappa shape index (κ1) is 22.0. The summed E-state index contributed by atoms with van der Waals surface area (Å²) in [6.07, 6.45) is 2.31. The van der Waals surface area contributed by atoms with E-state index in [4.69, 9.17) is 4.74 Å². The van der Waals surface area contributed by atoms with Gasteiger partial charge in [-0.15, -0.1) is 0 Å². The lowest BCUT2D eigenvalue weighted by Gasteiger charge is -2.31. The monoisotopic (exact) mass is 455 g/mol. The lowest BCUT2D eigenvalue weighted by molar-refractivity contribution is -0.126. The molecule has 3 aromatic rings. The van der Waals surface area contributed by atoms with Crippen LogP contribution in [0.5, 0.6) is 5.75 Å². The zero-order chi connectivity index (χ0) is 23.3. The van der Waals surface area contributed by atoms with E-state index >= 15 is 0 Å². The molecule has 174 valence electrons. The molecular formula is C28H29N3O3. The van der Waals surface area contributed by atoms with Crippen molar-refractivity contribution in [3.05, 3.63) is 83.9 Å². The number of carbonyl (C=O) groups excluding carboxylic acids is 2. The van der Waals surface area contributed by atoms with Crippen LogP contribution in [0.4, 0.5) is 10.5 Å². The van der Waals surface area contributed by atoms with Gasteiger partial charge < -0.3 is 20.3 Å². The van der Waals surface area contributed by atoms with Crippen LogP contribution in [-0.2, 0) is 17.8 Å². The Morgan fingerprint density at radius 3 is 2.41 bits per heavy atom. The number of fused-ring (bicyclic) bond motifs is 1. The van der Waals surface area contributed by atoms with Gasteiger partial charge in [-0.1, -0.05) is 48.5 Å². The molecule has 0 radical (unpaired) electrons. The van der Waals surface area contributed by atoms with Gasteiger partial charge in [0.05, 0.1) is 6.61 Å². The molecule has 2 aliphatic heterocycles. The molecule has 0 spiro atoms. The summed E-state index contributed by atoms with van der Waals surface area (Å²) in [6, 6.07) is 24.0. The summed E-state index contributed by atoms with van der Waals surface area (Å²) in [6.45, 7) is 2.43. The fraction of sp³-hybridized carbons (Fsp3) is 0.286. The Balaban J connectivity index is 1.09. The Hall–Kier alpha value is -3.80. The van der Waals surface area contributed by atoms with E-state index in [9.17, 15) is 9.59 Å². The van der Waals surface area contributed by atoms with Gasteiger partial charge in [0.25, 0.3) is 0 Å². The highest BCUT2D eigenvalue weighted by Gasteiger charge is 2.27. The van der Waals surface area contributed by atoms with Crippen molar-refractivity contribution in [3.63, 3.8) is 0 Å². The topological polar surface area (TPSA) is 70.7 Å². The van der Waals surface area contributed by atoms with E-state index < -0.39 is 0 Å². The molecule has 3 amide bonds. The van der Waals surface area contributed by atoms with Crippen LogP contribution in [0.25, 0.3) is 11.1 Å². The van der Waals surface area contributed by atoms with E-state index in [0.29, 0.717) is 32.5 Å². The van der Waals surface area contributed by atoms with Crippen molar-refractivity contribution in [1.82, 2.24) is 10.2 Å². The van der Waals surface area contributed by atoms with E-state index in [1.807, 2.05) is 36.4 Å². The molecule has 0 aliphatic carbocycles. The van der Waals surface area contributed by atoms with Crippen LogP contribution in [-0.4, -0.2) is 36.5 Å². The fourth-order valence-corrected chi connectivity index (χ4v) is 4.58. The Bertz CT molecular complexity index is 1150. The number of nitrogens with one attached hydrogen (secondary N) is 2. The number of piperidine rings is 1. The first-order valence-electron chi connectivity index (χ1n) is 11.9. The number of amides is 3. The molecule has 0 atom stereocenters. The Morgan fingerprint density at radius 1 is 0.912 bits per heavy atom. The van der Waals surface area contributed by atoms with Crippen molar-refractivity contribution in [2.45, 2.75) is 25.8 Å². The van der Waals surface area contributed by atoms with Crippen LogP contribution in [0.15, 0.2) is 72.8 Å². The van der Waals surface area contributed by atoms with Crippen LogP contribution in [0.2, 0.25) is 0 Å². The van der Waals surface area contributed by atoms with Crippen molar-refractivity contribution in [2.75, 3.05) is 25.0 Å². The third-order valence-corrected chi connectivity index (χ3v) is 6.62. The van der Waals surface area contributed by atoms with E-state index in [1.165, 1.54) is 11.1 Å². The molecule has 0 aromatic heterocycles. The maximum atomic E-state index is 12.7. The van der Waals surface area contributed by atoms with Gasteiger partial charge in [0.1, 0.15) is 5.75 Å². The van der Waals surface area contributed by atoms with E-state index in [2.05, 4.69) is 47.0 Å². The summed E-state index contributed by atoms with van der Waals surface area (Å²) in [7, 11) is 0. The summed E-state index contributed by atoms with van der Waals surface area (Å²) in [4.78, 5) is 26.9. The number of rotatable bonds is 5. The quantitative estimate of drug-likeness (QED) is 0.578. The fourth-order valence-electron chi connectivity index (χ4n) is 4.58. The maximum Gasteiger partial charge on any atom is 0.321 e. The number of urea groups is 1. The number of ether oxygens (including phenoxy) is 1. The molecule has 2 heterocycles. The number of benzene rings is 3. The third-order valence-electron chi connectivity index (χ3n) is 6.62. The van der Waals surface area contributed by atoms with Crippen molar-refractivity contribution >= 4 is 17.6 Å². The Kier molecular flexibility index (Phi) is 6.47. The molecule has 2 aliphatic rings. The number of nitrogens with zero attached hydrogens (tertiary/aromatic N) is 1. The molecule has 2 N–H and O–H groups in total. The molecule has 34 heavy (non-hydrogen) atoms. The molecule has 0 saturated carbocycles. The zero-order valence-corrected chi connectivity index (χ0v) is 19.1. The number of carbonyl (C=O) groups is 2. The summed E-state index contributed by atoms with van der Waals surface area (Å²) >= 11 is 0. The Labute approximate surface area is 199 Å². The van der Waals surface area contributed by atoms with Gasteiger partial charge >= 0.3 is 6.03 Å². The average Bonchev–Trinajstić information content (AvgIpc) is 3.36. The predicted octanol–water partition coefficient (Wildman–Crippen LogP) is 4.85. The Morgan fingerprint density at radius 2 is 1.65 bits per heavy atom. The average molecular weight is 456 g/mol. The first-order valence-corrected chi connectivity index (χ1v) is 11.9. The van der Waals surface area contributed by atoms with Gasteiger partial charge in [-0.05, 0) is 59.4 Å². The van der Waals surface area contributed by atoms with E-state index in [-0.39, 0.29) is 17.9 Å². The van der Waals surface area contributed by atoms with Crippen LogP contribution in [0.1, 0.15) is 24.0 Å². The normalized spacial score (nSPS) is 15.4. The summed E-state index contributed by atoms with van der Waals surface area (Å²) in [5, 5.41) is 5.98. The number of likely N-dealkylation sites (tertiary alicyclic amines) is 1. The molecule has 0 bridgehead atoms. The van der Waals surface area contributed by atoms with Gasteiger partial charge in [-0.25, -0.2) is 4.79 Å². The van der Waals surface area contributed by atoms with Gasteiger partial charge in [-0.3, -0.25) is 4.79 Å². The minimum atomic E-state index is -0.110. The molecule has 0 unspecified atom stereocenters. The van der Waals surface area contributed by atoms with Crippen LogP contribution in [0, 0.1) is 5.92 Å². The van der Waals surface area contributed by atoms with E-state index in [0.717, 1.165) is 35.6 Å². The van der Waals surface area contributed by atoms with Crippen LogP contribution >= 0.6 is 0 Å². The minimum absolute atomic E-state index is 0.0609. The van der Waals surface area contributed by atoms with Crippen molar-refractivity contribution in [1.29, 1.82) is 0 Å². The minimum Gasteiger partial charge on any atom is -0.493 e. The molecule has 6 nitrogen and oxygen atoms in total. The smallest absolute Gasteiger partial charge is 0.321 e. The van der Waals surface area contributed by atoms with Crippen molar-refractivity contribution in [2.24, 2.45) is 5.92 Å². The van der Waals surface area contributed by atoms with Gasteiger partial charge in [-0.2, -0.15) is 0 Å². The number of anilines is 1. The van der Waals surface area contributed by atoms with Crippen molar-refractivity contribution < 1.29 is 14.3 Å². The molecular weight excluding hydrogens is 426 g/mol. The standard InChI is InChI=1S/C28H29N3O3/c32-27(22-12-15-31(16-13-22)28(33)30-25-4-2-1-3-5-25)29-19-20-6-8-21(9-7-20)23-10-11-26-24(18-23)14-17-34-26/h1-11,18,22H,12-17,19H2,(H,29,32)(H,30,33). The SMILES string of the molecule is O=C(NCc1ccc(-c2ccc3c(c2)CCO3)cc1)C1CCN(C(=O)Nc2ccccc2)CC1. The highest BCUT2D eigenvalue weighted by atomic mass is 16.5. The van der Waals surface area contributed by atoms with Gasteiger partial charge in [0, 0.05) is 37.7 Å². The molecule has 1 saturated heterocycles.